The van der Waals surface area contributed by atoms with Crippen LogP contribution in [0.15, 0.2) is 12.1 Å². The van der Waals surface area contributed by atoms with Crippen molar-refractivity contribution in [3.63, 3.8) is 0 Å². The molecule has 0 bridgehead atoms. The molecule has 1 aromatic rings. The minimum Gasteiger partial charge on any atom is -0.505 e. The minimum atomic E-state index is -0.289. The Balaban J connectivity index is 3.19. The molecule has 0 heterocycles. The summed E-state index contributed by atoms with van der Waals surface area (Å²) in [6.45, 7) is 3.00. The first kappa shape index (κ1) is 10.2. The number of hydrogen-bond donors (Lipinski definition) is 2. The van der Waals surface area contributed by atoms with E-state index in [1.165, 1.54) is 13.0 Å². The third-order valence-corrected chi connectivity index (χ3v) is 1.77. The maximum Gasteiger partial charge on any atom is 0.221 e. The first-order valence-corrected chi connectivity index (χ1v) is 4.11. The molecule has 0 saturated heterocycles. The maximum absolute atomic E-state index is 10.8. The second-order valence-corrected chi connectivity index (χ2v) is 3.03. The van der Waals surface area contributed by atoms with Crippen molar-refractivity contribution in [1.82, 2.24) is 0 Å². The fraction of sp³-hybridized carbons (Fsp3) is 0.200. The normalized spacial score (nSPS) is 9.57. The molecule has 0 aliphatic rings. The van der Waals surface area contributed by atoms with Crippen molar-refractivity contribution in [3.8, 4) is 5.75 Å². The number of hydrogen-bond acceptors (Lipinski definition) is 3. The average Bonchev–Trinajstić information content (AvgIpc) is 2.11. The number of aromatic hydroxyl groups is 1. The van der Waals surface area contributed by atoms with Crippen LogP contribution in [0.4, 0.5) is 5.69 Å². The predicted molar refractivity (Wildman–Crippen MR) is 52.5 cm³/mol. The Morgan fingerprint density at radius 1 is 1.50 bits per heavy atom. The molecule has 0 saturated carbocycles. The minimum absolute atomic E-state index is 0.00852. The SMILES string of the molecule is CC(=O)Nc1cc(C=O)cc(C)c1O. The summed E-state index contributed by atoms with van der Waals surface area (Å²) in [7, 11) is 0. The second kappa shape index (κ2) is 3.91. The molecular weight excluding hydrogens is 182 g/mol. The molecular formula is C10H11NO3. The number of benzene rings is 1. The van der Waals surface area contributed by atoms with Crippen LogP contribution in [0.3, 0.4) is 0 Å². The van der Waals surface area contributed by atoms with E-state index in [0.29, 0.717) is 17.4 Å². The zero-order valence-electron chi connectivity index (χ0n) is 8.00. The zero-order valence-corrected chi connectivity index (χ0v) is 8.00. The number of aldehydes is 1. The van der Waals surface area contributed by atoms with Crippen LogP contribution in [0.5, 0.6) is 5.75 Å². The highest BCUT2D eigenvalue weighted by Crippen LogP contribution is 2.28. The number of anilines is 1. The highest BCUT2D eigenvalue weighted by molar-refractivity contribution is 5.92. The van der Waals surface area contributed by atoms with E-state index in [1.54, 1.807) is 13.0 Å². The van der Waals surface area contributed by atoms with Gasteiger partial charge in [0.1, 0.15) is 12.0 Å². The number of rotatable bonds is 2. The lowest BCUT2D eigenvalue weighted by Gasteiger charge is -2.08. The van der Waals surface area contributed by atoms with Crippen molar-refractivity contribution in [2.24, 2.45) is 0 Å². The van der Waals surface area contributed by atoms with Crippen LogP contribution >= 0.6 is 0 Å². The van der Waals surface area contributed by atoms with E-state index in [0.717, 1.165) is 0 Å². The van der Waals surface area contributed by atoms with E-state index in [9.17, 15) is 14.7 Å². The van der Waals surface area contributed by atoms with Gasteiger partial charge in [-0.05, 0) is 24.6 Å². The van der Waals surface area contributed by atoms with Crippen LogP contribution in [0, 0.1) is 6.92 Å². The molecule has 4 heteroatoms. The first-order valence-electron chi connectivity index (χ1n) is 4.11. The van der Waals surface area contributed by atoms with Gasteiger partial charge in [-0.1, -0.05) is 0 Å². The van der Waals surface area contributed by atoms with E-state index in [-0.39, 0.29) is 17.3 Å². The molecule has 0 atom stereocenters. The van der Waals surface area contributed by atoms with E-state index in [2.05, 4.69) is 5.32 Å². The molecule has 0 aliphatic heterocycles. The molecule has 4 nitrogen and oxygen atoms in total. The third kappa shape index (κ3) is 2.10. The van der Waals surface area contributed by atoms with Gasteiger partial charge in [0.15, 0.2) is 0 Å². The van der Waals surface area contributed by atoms with Gasteiger partial charge in [0, 0.05) is 12.5 Å². The van der Waals surface area contributed by atoms with Crippen molar-refractivity contribution in [3.05, 3.63) is 23.3 Å². The fourth-order valence-electron chi connectivity index (χ4n) is 1.16. The first-order chi connectivity index (χ1) is 6.54. The van der Waals surface area contributed by atoms with E-state index >= 15 is 0 Å². The molecule has 0 aliphatic carbocycles. The monoisotopic (exact) mass is 193 g/mol. The van der Waals surface area contributed by atoms with Crippen molar-refractivity contribution in [2.75, 3.05) is 5.32 Å². The number of carbonyl (C=O) groups is 2. The number of amides is 1. The lowest BCUT2D eigenvalue weighted by atomic mass is 10.1. The lowest BCUT2D eigenvalue weighted by Crippen LogP contribution is -2.06. The standard InChI is InChI=1S/C10H11NO3/c1-6-3-8(5-12)4-9(10(6)14)11-7(2)13/h3-5,14H,1-2H3,(H,11,13). The molecule has 1 amide bonds. The van der Waals surface area contributed by atoms with Gasteiger partial charge in [0.05, 0.1) is 5.69 Å². The van der Waals surface area contributed by atoms with E-state index in [1.807, 2.05) is 0 Å². The van der Waals surface area contributed by atoms with Crippen LogP contribution < -0.4 is 5.32 Å². The van der Waals surface area contributed by atoms with Crippen molar-refractivity contribution in [2.45, 2.75) is 13.8 Å². The Morgan fingerprint density at radius 2 is 2.14 bits per heavy atom. The molecule has 2 N–H and O–H groups in total. The average molecular weight is 193 g/mol. The summed E-state index contributed by atoms with van der Waals surface area (Å²) in [6.07, 6.45) is 0.664. The van der Waals surface area contributed by atoms with Crippen molar-refractivity contribution >= 4 is 17.9 Å². The number of aryl methyl sites for hydroxylation is 1. The summed E-state index contributed by atoms with van der Waals surface area (Å²) >= 11 is 0. The third-order valence-electron chi connectivity index (χ3n) is 1.77. The van der Waals surface area contributed by atoms with Crippen molar-refractivity contribution in [1.29, 1.82) is 0 Å². The van der Waals surface area contributed by atoms with Crippen molar-refractivity contribution < 1.29 is 14.7 Å². The molecule has 0 fully saturated rings. The van der Waals surface area contributed by atoms with Gasteiger partial charge in [-0.3, -0.25) is 9.59 Å². The predicted octanol–water partition coefficient (Wildman–Crippen LogP) is 1.47. The highest BCUT2D eigenvalue weighted by Gasteiger charge is 2.07. The summed E-state index contributed by atoms with van der Waals surface area (Å²) in [5.74, 6) is -0.298. The van der Waals surface area contributed by atoms with Crippen LogP contribution in [0.2, 0.25) is 0 Å². The molecule has 0 spiro atoms. The number of phenols is 1. The highest BCUT2D eigenvalue weighted by atomic mass is 16.3. The molecule has 74 valence electrons. The largest absolute Gasteiger partial charge is 0.505 e. The van der Waals surface area contributed by atoms with Crippen LogP contribution in [0.25, 0.3) is 0 Å². The summed E-state index contributed by atoms with van der Waals surface area (Å²) < 4.78 is 0. The van der Waals surface area contributed by atoms with E-state index in [4.69, 9.17) is 0 Å². The van der Waals surface area contributed by atoms with Gasteiger partial charge in [0.25, 0.3) is 0 Å². The summed E-state index contributed by atoms with van der Waals surface area (Å²) in [4.78, 5) is 21.3. The van der Waals surface area contributed by atoms with Gasteiger partial charge < -0.3 is 10.4 Å². The molecule has 1 aromatic carbocycles. The maximum atomic E-state index is 10.8. The molecule has 14 heavy (non-hydrogen) atoms. The Bertz CT molecular complexity index is 385. The Morgan fingerprint density at radius 3 is 2.64 bits per heavy atom. The van der Waals surface area contributed by atoms with Crippen LogP contribution in [0.1, 0.15) is 22.8 Å². The van der Waals surface area contributed by atoms with Gasteiger partial charge in [-0.2, -0.15) is 0 Å². The van der Waals surface area contributed by atoms with Gasteiger partial charge >= 0.3 is 0 Å². The van der Waals surface area contributed by atoms with Crippen LogP contribution in [-0.2, 0) is 4.79 Å². The van der Waals surface area contributed by atoms with Gasteiger partial charge in [-0.15, -0.1) is 0 Å². The number of carbonyl (C=O) groups excluding carboxylic acids is 2. The Kier molecular flexibility index (Phi) is 2.86. The number of phenolic OH excluding ortho intramolecular Hbond substituents is 1. The summed E-state index contributed by atoms with van der Waals surface area (Å²) in [5, 5.41) is 12.0. The number of nitrogens with one attached hydrogen (secondary N) is 1. The topological polar surface area (TPSA) is 66.4 Å². The second-order valence-electron chi connectivity index (χ2n) is 3.03. The Labute approximate surface area is 81.6 Å². The summed E-state index contributed by atoms with van der Waals surface area (Å²) in [5.41, 5.74) is 1.24. The van der Waals surface area contributed by atoms with Crippen LogP contribution in [-0.4, -0.2) is 17.3 Å². The quantitative estimate of drug-likeness (QED) is 0.552. The molecule has 0 unspecified atom stereocenters. The fourth-order valence-corrected chi connectivity index (χ4v) is 1.16. The van der Waals surface area contributed by atoms with E-state index < -0.39 is 0 Å². The zero-order chi connectivity index (χ0) is 10.7. The molecule has 0 radical (unpaired) electrons. The van der Waals surface area contributed by atoms with Gasteiger partial charge in [-0.25, -0.2) is 0 Å². The van der Waals surface area contributed by atoms with Gasteiger partial charge in [0.2, 0.25) is 5.91 Å². The summed E-state index contributed by atoms with van der Waals surface area (Å²) in [6, 6.07) is 2.98. The molecule has 1 rings (SSSR count). The Hall–Kier alpha value is -1.84. The molecule has 0 aromatic heterocycles. The lowest BCUT2D eigenvalue weighted by molar-refractivity contribution is -0.114. The smallest absolute Gasteiger partial charge is 0.221 e.